The molecule has 3 heterocycles. The first-order valence-corrected chi connectivity index (χ1v) is 10.6. The van der Waals surface area contributed by atoms with Gasteiger partial charge >= 0.3 is 5.69 Å². The third-order valence-electron chi connectivity index (χ3n) is 5.86. The van der Waals surface area contributed by atoms with Crippen LogP contribution in [-0.4, -0.2) is 47.6 Å². The average molecular weight is 437 g/mol. The highest BCUT2D eigenvalue weighted by atomic mass is 35.5. The standard InChI is InChI=1S/C22H21ClN6O2/c23-17-5-3-6-18(14-17)26-10-12-27(13-11-26)21-20(29(30)31)22(25-15-24-21)28-9-8-16-4-1-2-7-19(16)28/h1-7,14-15H,8-13H2. The van der Waals surface area contributed by atoms with Crippen molar-refractivity contribution in [3.05, 3.63) is 75.6 Å². The van der Waals surface area contributed by atoms with Gasteiger partial charge in [0.05, 0.1) is 4.92 Å². The van der Waals surface area contributed by atoms with Crippen molar-refractivity contribution in [3.8, 4) is 0 Å². The minimum atomic E-state index is -0.352. The van der Waals surface area contributed by atoms with Crippen molar-refractivity contribution in [2.24, 2.45) is 0 Å². The van der Waals surface area contributed by atoms with E-state index in [1.54, 1.807) is 0 Å². The van der Waals surface area contributed by atoms with Gasteiger partial charge in [0.25, 0.3) is 0 Å². The van der Waals surface area contributed by atoms with E-state index < -0.39 is 0 Å². The van der Waals surface area contributed by atoms with Gasteiger partial charge in [0.15, 0.2) is 0 Å². The van der Waals surface area contributed by atoms with Gasteiger partial charge < -0.3 is 14.7 Å². The highest BCUT2D eigenvalue weighted by Crippen LogP contribution is 2.41. The number of para-hydroxylation sites is 1. The van der Waals surface area contributed by atoms with Crippen LogP contribution < -0.4 is 14.7 Å². The fourth-order valence-electron chi connectivity index (χ4n) is 4.36. The third kappa shape index (κ3) is 3.63. The smallest absolute Gasteiger partial charge is 0.353 e. The molecule has 0 unspecified atom stereocenters. The Morgan fingerprint density at radius 1 is 0.903 bits per heavy atom. The Balaban J connectivity index is 1.43. The Kier molecular flexibility index (Phi) is 5.07. The van der Waals surface area contributed by atoms with Crippen molar-refractivity contribution in [1.82, 2.24) is 9.97 Å². The fraction of sp³-hybridized carbons (Fsp3) is 0.273. The molecular formula is C22H21ClN6O2. The molecule has 1 fully saturated rings. The van der Waals surface area contributed by atoms with Crippen LogP contribution in [-0.2, 0) is 6.42 Å². The first-order valence-electron chi connectivity index (χ1n) is 10.2. The summed E-state index contributed by atoms with van der Waals surface area (Å²) in [6, 6.07) is 15.7. The molecule has 9 heteroatoms. The number of aromatic nitrogens is 2. The number of nitrogens with zero attached hydrogens (tertiary/aromatic N) is 6. The Morgan fingerprint density at radius 3 is 2.42 bits per heavy atom. The van der Waals surface area contributed by atoms with Gasteiger partial charge in [-0.15, -0.1) is 0 Å². The Morgan fingerprint density at radius 2 is 1.65 bits per heavy atom. The van der Waals surface area contributed by atoms with Crippen LogP contribution >= 0.6 is 11.6 Å². The monoisotopic (exact) mass is 436 g/mol. The van der Waals surface area contributed by atoms with Crippen LogP contribution in [0.1, 0.15) is 5.56 Å². The van der Waals surface area contributed by atoms with Crippen LogP contribution in [0.3, 0.4) is 0 Å². The van der Waals surface area contributed by atoms with Gasteiger partial charge in [-0.25, -0.2) is 9.97 Å². The lowest BCUT2D eigenvalue weighted by atomic mass is 10.2. The Bertz CT molecular complexity index is 1130. The second-order valence-corrected chi connectivity index (χ2v) is 8.05. The number of hydrogen-bond donors (Lipinski definition) is 0. The summed E-state index contributed by atoms with van der Waals surface area (Å²) in [7, 11) is 0. The number of anilines is 4. The minimum Gasteiger partial charge on any atom is -0.368 e. The summed E-state index contributed by atoms with van der Waals surface area (Å²) in [5.74, 6) is 0.738. The molecule has 0 N–H and O–H groups in total. The molecule has 3 aromatic rings. The van der Waals surface area contributed by atoms with E-state index in [2.05, 4.69) is 20.9 Å². The summed E-state index contributed by atoms with van der Waals surface area (Å²) in [5.41, 5.74) is 3.17. The lowest BCUT2D eigenvalue weighted by molar-refractivity contribution is -0.383. The predicted octanol–water partition coefficient (Wildman–Crippen LogP) is 4.06. The van der Waals surface area contributed by atoms with Crippen molar-refractivity contribution in [2.45, 2.75) is 6.42 Å². The van der Waals surface area contributed by atoms with E-state index in [0.29, 0.717) is 36.3 Å². The van der Waals surface area contributed by atoms with Gasteiger partial charge in [0.2, 0.25) is 11.6 Å². The summed E-state index contributed by atoms with van der Waals surface area (Å²) in [6.45, 7) is 3.37. The second kappa shape index (κ2) is 8.03. The molecule has 0 amide bonds. The summed E-state index contributed by atoms with van der Waals surface area (Å²) in [4.78, 5) is 26.6. The maximum absolute atomic E-state index is 12.1. The number of halogens is 1. The number of benzene rings is 2. The molecule has 5 rings (SSSR count). The topological polar surface area (TPSA) is 78.6 Å². The van der Waals surface area contributed by atoms with Crippen molar-refractivity contribution in [1.29, 1.82) is 0 Å². The number of hydrogen-bond acceptors (Lipinski definition) is 7. The van der Waals surface area contributed by atoms with Crippen LogP contribution in [0.4, 0.5) is 28.7 Å². The van der Waals surface area contributed by atoms with Crippen molar-refractivity contribution < 1.29 is 4.92 Å². The largest absolute Gasteiger partial charge is 0.368 e. The molecular weight excluding hydrogens is 416 g/mol. The van der Waals surface area contributed by atoms with Crippen molar-refractivity contribution in [2.75, 3.05) is 47.4 Å². The molecule has 31 heavy (non-hydrogen) atoms. The molecule has 2 aliphatic rings. The summed E-state index contributed by atoms with van der Waals surface area (Å²) < 4.78 is 0. The van der Waals surface area contributed by atoms with Gasteiger partial charge in [-0.3, -0.25) is 10.1 Å². The lowest BCUT2D eigenvalue weighted by Gasteiger charge is -2.36. The SMILES string of the molecule is O=[N+]([O-])c1c(N2CCN(c3cccc(Cl)c3)CC2)ncnc1N1CCc2ccccc21. The van der Waals surface area contributed by atoms with Gasteiger partial charge in [-0.05, 0) is 36.2 Å². The molecule has 2 aliphatic heterocycles. The normalized spacial score (nSPS) is 15.8. The maximum atomic E-state index is 12.1. The zero-order chi connectivity index (χ0) is 21.4. The molecule has 2 aromatic carbocycles. The van der Waals surface area contributed by atoms with Crippen molar-refractivity contribution in [3.63, 3.8) is 0 Å². The van der Waals surface area contributed by atoms with Crippen LogP contribution in [0, 0.1) is 10.1 Å². The van der Waals surface area contributed by atoms with Gasteiger partial charge in [0.1, 0.15) is 6.33 Å². The third-order valence-corrected chi connectivity index (χ3v) is 6.10. The van der Waals surface area contributed by atoms with E-state index in [-0.39, 0.29) is 10.6 Å². The summed E-state index contributed by atoms with van der Waals surface area (Å²) in [5, 5.41) is 12.8. The average Bonchev–Trinajstić information content (AvgIpc) is 3.23. The molecule has 0 aliphatic carbocycles. The molecule has 0 atom stereocenters. The van der Waals surface area contributed by atoms with E-state index >= 15 is 0 Å². The van der Waals surface area contributed by atoms with E-state index in [4.69, 9.17) is 11.6 Å². The van der Waals surface area contributed by atoms with Crippen molar-refractivity contribution >= 4 is 40.3 Å². The fourth-order valence-corrected chi connectivity index (χ4v) is 4.54. The van der Waals surface area contributed by atoms with Crippen LogP contribution in [0.25, 0.3) is 0 Å². The van der Waals surface area contributed by atoms with Gasteiger partial charge in [0, 0.05) is 49.1 Å². The van der Waals surface area contributed by atoms with E-state index in [1.807, 2.05) is 52.3 Å². The summed E-state index contributed by atoms with van der Waals surface area (Å²) >= 11 is 6.13. The highest BCUT2D eigenvalue weighted by molar-refractivity contribution is 6.30. The number of nitro groups is 1. The molecule has 1 aromatic heterocycles. The predicted molar refractivity (Wildman–Crippen MR) is 122 cm³/mol. The van der Waals surface area contributed by atoms with E-state index in [9.17, 15) is 10.1 Å². The zero-order valence-electron chi connectivity index (χ0n) is 16.8. The zero-order valence-corrected chi connectivity index (χ0v) is 17.6. The van der Waals surface area contributed by atoms with Gasteiger partial charge in [-0.1, -0.05) is 35.9 Å². The molecule has 0 radical (unpaired) electrons. The highest BCUT2D eigenvalue weighted by Gasteiger charge is 2.34. The second-order valence-electron chi connectivity index (χ2n) is 7.61. The molecule has 8 nitrogen and oxygen atoms in total. The number of fused-ring (bicyclic) bond motifs is 1. The van der Waals surface area contributed by atoms with Crippen LogP contribution in [0.2, 0.25) is 5.02 Å². The molecule has 0 spiro atoms. The molecule has 158 valence electrons. The number of rotatable bonds is 4. The molecule has 1 saturated heterocycles. The maximum Gasteiger partial charge on any atom is 0.353 e. The summed E-state index contributed by atoms with van der Waals surface area (Å²) in [6.07, 6.45) is 2.27. The molecule has 0 saturated carbocycles. The van der Waals surface area contributed by atoms with Crippen LogP contribution in [0.5, 0.6) is 0 Å². The first kappa shape index (κ1) is 19.6. The number of piperazine rings is 1. The van der Waals surface area contributed by atoms with E-state index in [1.165, 1.54) is 11.9 Å². The lowest BCUT2D eigenvalue weighted by Crippen LogP contribution is -2.47. The Hall–Kier alpha value is -3.39. The molecule has 0 bridgehead atoms. The minimum absolute atomic E-state index is 0.0320. The Labute approximate surface area is 184 Å². The van der Waals surface area contributed by atoms with Crippen LogP contribution in [0.15, 0.2) is 54.9 Å². The first-order chi connectivity index (χ1) is 15.1. The quantitative estimate of drug-likeness (QED) is 0.450. The van der Waals surface area contributed by atoms with E-state index in [0.717, 1.165) is 30.9 Å². The van der Waals surface area contributed by atoms with Gasteiger partial charge in [-0.2, -0.15) is 0 Å².